The van der Waals surface area contributed by atoms with Crippen molar-refractivity contribution in [1.82, 2.24) is 0 Å². The first-order valence-electron chi connectivity index (χ1n) is 9.37. The highest BCUT2D eigenvalue weighted by atomic mass is 16.5. The first-order chi connectivity index (χ1) is 13.2. The summed E-state index contributed by atoms with van der Waals surface area (Å²) < 4.78 is 22.8. The topological polar surface area (TPSA) is 36.9 Å². The summed E-state index contributed by atoms with van der Waals surface area (Å²) in [6.45, 7) is 0. The van der Waals surface area contributed by atoms with Crippen molar-refractivity contribution in [2.24, 2.45) is 0 Å². The molecule has 27 heavy (non-hydrogen) atoms. The van der Waals surface area contributed by atoms with Crippen LogP contribution in [0.2, 0.25) is 0 Å². The second kappa shape index (κ2) is 8.85. The summed E-state index contributed by atoms with van der Waals surface area (Å²) in [6, 6.07) is 8.51. The Labute approximate surface area is 161 Å². The van der Waals surface area contributed by atoms with Gasteiger partial charge in [0.1, 0.15) is 5.75 Å². The molecule has 0 aromatic heterocycles. The summed E-state index contributed by atoms with van der Waals surface area (Å²) in [5, 5.41) is 0. The Morgan fingerprint density at radius 2 is 1.41 bits per heavy atom. The zero-order valence-corrected chi connectivity index (χ0v) is 16.6. The minimum atomic E-state index is 0.630. The number of methoxy groups -OCH3 is 4. The van der Waals surface area contributed by atoms with Gasteiger partial charge in [0.25, 0.3) is 0 Å². The number of hydrogen-bond acceptors (Lipinski definition) is 4. The van der Waals surface area contributed by atoms with Crippen molar-refractivity contribution < 1.29 is 18.9 Å². The van der Waals surface area contributed by atoms with Gasteiger partial charge in [0.15, 0.2) is 11.5 Å². The molecule has 1 aliphatic carbocycles. The van der Waals surface area contributed by atoms with Gasteiger partial charge in [-0.05, 0) is 61.4 Å². The minimum Gasteiger partial charge on any atom is -0.496 e. The maximum Gasteiger partial charge on any atom is 0.204 e. The SMILES string of the molecule is COc1ccc2cc1-c1cc(c(OC)c(OC)c1OC)CCC/C=C/CC2. The fraction of sp³-hybridized carbons (Fsp3) is 0.391. The van der Waals surface area contributed by atoms with E-state index in [4.69, 9.17) is 18.9 Å². The molecule has 1 aliphatic rings. The smallest absolute Gasteiger partial charge is 0.204 e. The van der Waals surface area contributed by atoms with Crippen LogP contribution < -0.4 is 18.9 Å². The number of benzene rings is 2. The molecule has 0 unspecified atom stereocenters. The molecule has 0 heterocycles. The fourth-order valence-electron chi connectivity index (χ4n) is 3.69. The third kappa shape index (κ3) is 3.90. The maximum absolute atomic E-state index is 5.76. The summed E-state index contributed by atoms with van der Waals surface area (Å²) in [6.07, 6.45) is 9.59. The van der Waals surface area contributed by atoms with Crippen LogP contribution in [0, 0.1) is 0 Å². The molecule has 0 atom stereocenters. The average molecular weight is 368 g/mol. The van der Waals surface area contributed by atoms with Crippen LogP contribution in [-0.4, -0.2) is 28.4 Å². The van der Waals surface area contributed by atoms with E-state index in [2.05, 4.69) is 30.4 Å². The van der Waals surface area contributed by atoms with Crippen molar-refractivity contribution in [3.05, 3.63) is 47.5 Å². The Bertz CT molecular complexity index is 824. The van der Waals surface area contributed by atoms with E-state index in [0.717, 1.165) is 60.3 Å². The molecular weight excluding hydrogens is 340 g/mol. The quantitative estimate of drug-likeness (QED) is 0.694. The van der Waals surface area contributed by atoms with Crippen LogP contribution in [0.25, 0.3) is 11.1 Å². The van der Waals surface area contributed by atoms with Crippen molar-refractivity contribution in [2.75, 3.05) is 28.4 Å². The van der Waals surface area contributed by atoms with Gasteiger partial charge in [-0.1, -0.05) is 18.2 Å². The second-order valence-corrected chi connectivity index (χ2v) is 6.62. The molecule has 2 aromatic carbocycles. The predicted molar refractivity (Wildman–Crippen MR) is 108 cm³/mol. The van der Waals surface area contributed by atoms with Crippen LogP contribution in [0.5, 0.6) is 23.0 Å². The fourth-order valence-corrected chi connectivity index (χ4v) is 3.69. The second-order valence-electron chi connectivity index (χ2n) is 6.62. The van der Waals surface area contributed by atoms with E-state index in [0.29, 0.717) is 11.5 Å². The molecule has 2 aromatic rings. The van der Waals surface area contributed by atoms with E-state index >= 15 is 0 Å². The molecule has 3 rings (SSSR count). The highest BCUT2D eigenvalue weighted by Crippen LogP contribution is 2.49. The molecule has 0 N–H and O–H groups in total. The van der Waals surface area contributed by atoms with Gasteiger partial charge >= 0.3 is 0 Å². The summed E-state index contributed by atoms with van der Waals surface area (Å²) in [5.74, 6) is 2.86. The van der Waals surface area contributed by atoms with Gasteiger partial charge in [-0.3, -0.25) is 0 Å². The van der Waals surface area contributed by atoms with Gasteiger partial charge in [0, 0.05) is 11.1 Å². The molecule has 0 radical (unpaired) electrons. The molecule has 0 aliphatic heterocycles. The standard InChI is InChI=1S/C23H28O4/c1-24-20-13-12-16-10-8-6-5-7-9-11-17-15-19(18(20)14-16)22(26-3)23(27-4)21(17)25-2/h5-6,12-15H,7-11H2,1-4H3/b6-5+. The van der Waals surface area contributed by atoms with E-state index in [1.807, 2.05) is 6.07 Å². The monoisotopic (exact) mass is 368 g/mol. The Morgan fingerprint density at radius 3 is 2.11 bits per heavy atom. The molecule has 4 bridgehead atoms. The molecule has 144 valence electrons. The van der Waals surface area contributed by atoms with E-state index in [1.54, 1.807) is 28.4 Å². The zero-order valence-electron chi connectivity index (χ0n) is 16.6. The van der Waals surface area contributed by atoms with Crippen LogP contribution in [0.3, 0.4) is 0 Å². The van der Waals surface area contributed by atoms with Crippen molar-refractivity contribution in [3.8, 4) is 34.1 Å². The van der Waals surface area contributed by atoms with E-state index in [1.165, 1.54) is 5.56 Å². The first kappa shape index (κ1) is 19.2. The molecule has 4 nitrogen and oxygen atoms in total. The largest absolute Gasteiger partial charge is 0.496 e. The lowest BCUT2D eigenvalue weighted by atomic mass is 9.95. The van der Waals surface area contributed by atoms with Crippen LogP contribution >= 0.6 is 0 Å². The average Bonchev–Trinajstić information content (AvgIpc) is 2.71. The lowest BCUT2D eigenvalue weighted by Gasteiger charge is -2.21. The van der Waals surface area contributed by atoms with Crippen LogP contribution in [0.4, 0.5) is 0 Å². The molecular formula is C23H28O4. The summed E-state index contributed by atoms with van der Waals surface area (Å²) in [5.41, 5.74) is 4.37. The number of allylic oxidation sites excluding steroid dienone is 2. The van der Waals surface area contributed by atoms with Crippen LogP contribution in [0.1, 0.15) is 30.4 Å². The minimum absolute atomic E-state index is 0.630. The van der Waals surface area contributed by atoms with Crippen molar-refractivity contribution in [3.63, 3.8) is 0 Å². The summed E-state index contributed by atoms with van der Waals surface area (Å²) in [7, 11) is 6.69. The van der Waals surface area contributed by atoms with E-state index < -0.39 is 0 Å². The lowest BCUT2D eigenvalue weighted by molar-refractivity contribution is 0.322. The Balaban J connectivity index is 2.30. The molecule has 4 heteroatoms. The summed E-state index contributed by atoms with van der Waals surface area (Å²) >= 11 is 0. The lowest BCUT2D eigenvalue weighted by Crippen LogP contribution is -2.02. The number of fused-ring (bicyclic) bond motifs is 5. The van der Waals surface area contributed by atoms with Gasteiger partial charge in [-0.15, -0.1) is 0 Å². The van der Waals surface area contributed by atoms with Gasteiger partial charge in [-0.25, -0.2) is 0 Å². The Kier molecular flexibility index (Phi) is 6.28. The van der Waals surface area contributed by atoms with Gasteiger partial charge in [-0.2, -0.15) is 0 Å². The van der Waals surface area contributed by atoms with Gasteiger partial charge in [0.05, 0.1) is 28.4 Å². The third-order valence-electron chi connectivity index (χ3n) is 5.02. The molecule has 0 saturated carbocycles. The van der Waals surface area contributed by atoms with E-state index in [-0.39, 0.29) is 0 Å². The molecule has 0 spiro atoms. The number of hydrogen-bond donors (Lipinski definition) is 0. The Morgan fingerprint density at radius 1 is 0.667 bits per heavy atom. The predicted octanol–water partition coefficient (Wildman–Crippen LogP) is 5.21. The number of rotatable bonds is 4. The maximum atomic E-state index is 5.76. The van der Waals surface area contributed by atoms with E-state index in [9.17, 15) is 0 Å². The van der Waals surface area contributed by atoms with Crippen molar-refractivity contribution >= 4 is 0 Å². The summed E-state index contributed by atoms with van der Waals surface area (Å²) in [4.78, 5) is 0. The number of aryl methyl sites for hydroxylation is 2. The molecule has 0 amide bonds. The Hall–Kier alpha value is -2.62. The van der Waals surface area contributed by atoms with Crippen LogP contribution in [0.15, 0.2) is 36.4 Å². The first-order valence-corrected chi connectivity index (χ1v) is 9.37. The molecule has 0 saturated heterocycles. The highest BCUT2D eigenvalue weighted by molar-refractivity contribution is 5.82. The highest BCUT2D eigenvalue weighted by Gasteiger charge is 2.23. The van der Waals surface area contributed by atoms with Crippen molar-refractivity contribution in [1.29, 1.82) is 0 Å². The zero-order chi connectivity index (χ0) is 19.2. The van der Waals surface area contributed by atoms with Crippen LogP contribution in [-0.2, 0) is 12.8 Å². The molecule has 0 fully saturated rings. The van der Waals surface area contributed by atoms with Crippen molar-refractivity contribution in [2.45, 2.75) is 32.1 Å². The number of ether oxygens (including phenoxy) is 4. The van der Waals surface area contributed by atoms with Gasteiger partial charge < -0.3 is 18.9 Å². The third-order valence-corrected chi connectivity index (χ3v) is 5.02. The normalized spacial score (nSPS) is 15.0. The van der Waals surface area contributed by atoms with Gasteiger partial charge in [0.2, 0.25) is 5.75 Å².